The highest BCUT2D eigenvalue weighted by Crippen LogP contribution is 2.25. The van der Waals surface area contributed by atoms with E-state index in [0.717, 1.165) is 17.0 Å². The minimum atomic E-state index is -0.808. The Morgan fingerprint density at radius 3 is 2.64 bits per heavy atom. The molecule has 0 unspecified atom stereocenters. The number of aliphatic hydroxyl groups is 1. The third kappa shape index (κ3) is 3.43. The number of hydrogen-bond donors (Lipinski definition) is 1. The van der Waals surface area contributed by atoms with Gasteiger partial charge in [-0.1, -0.05) is 12.1 Å². The molecule has 2 aromatic rings. The smallest absolute Gasteiger partial charge is 0.310 e. The fraction of sp³-hybridized carbons (Fsp3) is 0.400. The van der Waals surface area contributed by atoms with Crippen LogP contribution >= 0.6 is 0 Å². The number of aliphatic hydroxyl groups excluding tert-OH is 1. The quantitative estimate of drug-likeness (QED) is 0.652. The molecule has 0 aliphatic heterocycles. The summed E-state index contributed by atoms with van der Waals surface area (Å²) in [6.45, 7) is 6.06. The Labute approximate surface area is 128 Å². The maximum atomic E-state index is 10.9. The minimum absolute atomic E-state index is 0.0394. The molecule has 0 radical (unpaired) electrons. The van der Waals surface area contributed by atoms with Gasteiger partial charge in [0.1, 0.15) is 12.7 Å². The fourth-order valence-corrected chi connectivity index (χ4v) is 2.13. The van der Waals surface area contributed by atoms with Crippen LogP contribution in [-0.4, -0.2) is 32.5 Å². The van der Waals surface area contributed by atoms with Gasteiger partial charge in [-0.2, -0.15) is 5.10 Å². The monoisotopic (exact) mass is 305 g/mol. The maximum Gasteiger partial charge on any atom is 0.310 e. The number of para-hydroxylation sites is 2. The lowest BCUT2D eigenvalue weighted by atomic mass is 10.2. The van der Waals surface area contributed by atoms with Crippen molar-refractivity contribution in [1.29, 1.82) is 0 Å². The van der Waals surface area contributed by atoms with E-state index in [4.69, 9.17) is 4.74 Å². The molecule has 0 amide bonds. The Morgan fingerprint density at radius 2 is 2.05 bits per heavy atom. The predicted molar refractivity (Wildman–Crippen MR) is 81.0 cm³/mol. The van der Waals surface area contributed by atoms with Crippen LogP contribution in [0.3, 0.4) is 0 Å². The molecule has 0 aliphatic carbocycles. The molecule has 1 aromatic carbocycles. The molecule has 118 valence electrons. The van der Waals surface area contributed by atoms with Gasteiger partial charge < -0.3 is 9.84 Å². The van der Waals surface area contributed by atoms with Crippen LogP contribution in [0.25, 0.3) is 0 Å². The van der Waals surface area contributed by atoms with Gasteiger partial charge in [0.2, 0.25) is 0 Å². The summed E-state index contributed by atoms with van der Waals surface area (Å²) in [6.07, 6.45) is -0.808. The summed E-state index contributed by atoms with van der Waals surface area (Å²) >= 11 is 0. The third-order valence-corrected chi connectivity index (χ3v) is 3.62. The van der Waals surface area contributed by atoms with E-state index in [-0.39, 0.29) is 24.6 Å². The van der Waals surface area contributed by atoms with Crippen LogP contribution < -0.4 is 4.74 Å². The lowest BCUT2D eigenvalue weighted by Crippen LogP contribution is -2.25. The Balaban J connectivity index is 2.00. The van der Waals surface area contributed by atoms with Crippen molar-refractivity contribution in [1.82, 2.24) is 9.78 Å². The fourth-order valence-electron chi connectivity index (χ4n) is 2.13. The van der Waals surface area contributed by atoms with Crippen molar-refractivity contribution in [3.63, 3.8) is 0 Å². The largest absolute Gasteiger partial charge is 0.484 e. The molecule has 0 aliphatic rings. The summed E-state index contributed by atoms with van der Waals surface area (Å²) in [6, 6.07) is 6.10. The first-order chi connectivity index (χ1) is 10.4. The normalized spacial score (nSPS) is 12.2. The summed E-state index contributed by atoms with van der Waals surface area (Å²) in [5, 5.41) is 25.3. The second-order valence-corrected chi connectivity index (χ2v) is 5.17. The molecule has 1 atom stereocenters. The zero-order valence-corrected chi connectivity index (χ0v) is 12.8. The van der Waals surface area contributed by atoms with Crippen LogP contribution in [0.1, 0.15) is 17.0 Å². The highest BCUT2D eigenvalue weighted by Gasteiger charge is 2.16. The molecule has 0 spiro atoms. The van der Waals surface area contributed by atoms with E-state index in [9.17, 15) is 15.2 Å². The number of hydrogen-bond acceptors (Lipinski definition) is 5. The van der Waals surface area contributed by atoms with E-state index in [1.165, 1.54) is 12.1 Å². The van der Waals surface area contributed by atoms with E-state index in [0.29, 0.717) is 0 Å². The van der Waals surface area contributed by atoms with E-state index in [1.54, 1.807) is 16.8 Å². The van der Waals surface area contributed by atoms with Crippen LogP contribution in [0.4, 0.5) is 5.69 Å². The third-order valence-electron chi connectivity index (χ3n) is 3.62. The highest BCUT2D eigenvalue weighted by atomic mass is 16.6. The van der Waals surface area contributed by atoms with Crippen molar-refractivity contribution in [2.45, 2.75) is 33.4 Å². The van der Waals surface area contributed by atoms with Gasteiger partial charge in [-0.15, -0.1) is 0 Å². The van der Waals surface area contributed by atoms with Crippen molar-refractivity contribution in [3.05, 3.63) is 51.3 Å². The lowest BCUT2D eigenvalue weighted by Gasteiger charge is -2.13. The molecule has 7 nitrogen and oxygen atoms in total. The van der Waals surface area contributed by atoms with Gasteiger partial charge in [0.25, 0.3) is 0 Å². The van der Waals surface area contributed by atoms with Crippen LogP contribution in [-0.2, 0) is 6.54 Å². The Hall–Kier alpha value is -2.41. The van der Waals surface area contributed by atoms with Crippen molar-refractivity contribution >= 4 is 5.69 Å². The van der Waals surface area contributed by atoms with Crippen LogP contribution in [0.15, 0.2) is 24.3 Å². The zero-order valence-electron chi connectivity index (χ0n) is 12.8. The number of aromatic nitrogens is 2. The van der Waals surface area contributed by atoms with Gasteiger partial charge in [-0.3, -0.25) is 14.8 Å². The van der Waals surface area contributed by atoms with E-state index < -0.39 is 11.0 Å². The second-order valence-electron chi connectivity index (χ2n) is 5.17. The average Bonchev–Trinajstić information content (AvgIpc) is 2.72. The summed E-state index contributed by atoms with van der Waals surface area (Å²) in [4.78, 5) is 10.4. The molecule has 0 saturated heterocycles. The van der Waals surface area contributed by atoms with Crippen LogP contribution in [0, 0.1) is 30.9 Å². The first kappa shape index (κ1) is 16.0. The molecule has 0 bridgehead atoms. The van der Waals surface area contributed by atoms with E-state index in [2.05, 4.69) is 5.10 Å². The minimum Gasteiger partial charge on any atom is -0.484 e. The zero-order chi connectivity index (χ0) is 16.3. The molecule has 7 heteroatoms. The van der Waals surface area contributed by atoms with Gasteiger partial charge in [0.15, 0.2) is 5.75 Å². The Kier molecular flexibility index (Phi) is 4.77. The molecule has 0 saturated carbocycles. The highest BCUT2D eigenvalue weighted by molar-refractivity contribution is 5.45. The van der Waals surface area contributed by atoms with E-state index in [1.807, 2.05) is 20.8 Å². The molecule has 1 aromatic heterocycles. The number of nitro groups is 1. The summed E-state index contributed by atoms with van der Waals surface area (Å²) < 4.78 is 7.10. The van der Waals surface area contributed by atoms with Crippen LogP contribution in [0.2, 0.25) is 0 Å². The van der Waals surface area contributed by atoms with Gasteiger partial charge in [0.05, 0.1) is 17.2 Å². The lowest BCUT2D eigenvalue weighted by molar-refractivity contribution is -0.385. The molecule has 1 heterocycles. The maximum absolute atomic E-state index is 10.9. The summed E-state index contributed by atoms with van der Waals surface area (Å²) in [7, 11) is 0. The Morgan fingerprint density at radius 1 is 1.36 bits per heavy atom. The number of ether oxygens (including phenoxy) is 1. The first-order valence-electron chi connectivity index (χ1n) is 6.95. The molecular weight excluding hydrogens is 286 g/mol. The number of aryl methyl sites for hydroxylation is 1. The molecule has 1 N–H and O–H groups in total. The SMILES string of the molecule is Cc1nn(C[C@@H](O)COc2ccccc2[N+](=O)[O-])c(C)c1C. The van der Waals surface area contributed by atoms with Crippen molar-refractivity contribution in [3.8, 4) is 5.75 Å². The van der Waals surface area contributed by atoms with Crippen molar-refractivity contribution in [2.75, 3.05) is 6.61 Å². The number of rotatable bonds is 6. The molecule has 22 heavy (non-hydrogen) atoms. The molecule has 0 fully saturated rings. The van der Waals surface area contributed by atoms with Crippen molar-refractivity contribution in [2.24, 2.45) is 0 Å². The van der Waals surface area contributed by atoms with Gasteiger partial charge in [-0.25, -0.2) is 0 Å². The van der Waals surface area contributed by atoms with Gasteiger partial charge in [-0.05, 0) is 32.4 Å². The predicted octanol–water partition coefficient (Wildman–Crippen LogP) is 2.16. The Bertz CT molecular complexity index is 681. The first-order valence-corrected chi connectivity index (χ1v) is 6.95. The average molecular weight is 305 g/mol. The summed E-state index contributed by atoms with van der Waals surface area (Å²) in [5.41, 5.74) is 2.88. The number of benzene rings is 1. The summed E-state index contributed by atoms with van der Waals surface area (Å²) in [5.74, 6) is 0.149. The second kappa shape index (κ2) is 6.57. The molecule has 2 rings (SSSR count). The topological polar surface area (TPSA) is 90.4 Å². The van der Waals surface area contributed by atoms with E-state index >= 15 is 0 Å². The van der Waals surface area contributed by atoms with Crippen molar-refractivity contribution < 1.29 is 14.8 Å². The van der Waals surface area contributed by atoms with Gasteiger partial charge >= 0.3 is 5.69 Å². The molecular formula is C15H19N3O4. The van der Waals surface area contributed by atoms with Gasteiger partial charge in [0, 0.05) is 11.8 Å². The number of nitro benzene ring substituents is 1. The number of nitrogens with zero attached hydrogens (tertiary/aromatic N) is 3. The standard InChI is InChI=1S/C15H19N3O4/c1-10-11(2)16-17(12(10)3)8-13(19)9-22-15-7-5-4-6-14(15)18(20)21/h4-7,13,19H,8-9H2,1-3H3/t13-/m1/s1. The van der Waals surface area contributed by atoms with Crippen LogP contribution in [0.5, 0.6) is 5.75 Å².